The molecule has 4 heteroatoms. The Hall–Kier alpha value is -0.280. The van der Waals surface area contributed by atoms with Crippen LogP contribution < -0.4 is 4.74 Å². The zero-order valence-corrected chi connectivity index (χ0v) is 7.24. The summed E-state index contributed by atoms with van der Waals surface area (Å²) in [5.74, 6) is 0.222. The van der Waals surface area contributed by atoms with Crippen molar-refractivity contribution in [1.29, 1.82) is 0 Å². The maximum Gasteiger partial charge on any atom is 0.227 e. The Morgan fingerprint density at radius 3 is 3.50 bits per heavy atom. The summed E-state index contributed by atoms with van der Waals surface area (Å²) in [5.41, 5.74) is 0. The van der Waals surface area contributed by atoms with Gasteiger partial charge < -0.3 is 4.74 Å². The van der Waals surface area contributed by atoms with Crippen molar-refractivity contribution >= 4 is 27.5 Å². The van der Waals surface area contributed by atoms with Crippen molar-refractivity contribution in [3.63, 3.8) is 0 Å². The Balaban J connectivity index is 3.08. The highest BCUT2D eigenvalue weighted by molar-refractivity contribution is 9.10. The van der Waals surface area contributed by atoms with E-state index in [9.17, 15) is 0 Å². The van der Waals surface area contributed by atoms with Gasteiger partial charge in [-0.2, -0.15) is 0 Å². The average Bonchev–Trinajstić information content (AvgIpc) is 2.07. The average molecular weight is 224 g/mol. The standard InChI is InChI=1S/C6H5BrClNO/c1-10-6-5(7)2-4(8)3-9-6/h2-3H,1H3/i1D,2D. The molecule has 1 heterocycles. The summed E-state index contributed by atoms with van der Waals surface area (Å²) in [4.78, 5) is 3.79. The first-order chi connectivity index (χ1) is 5.66. The smallest absolute Gasteiger partial charge is 0.227 e. The van der Waals surface area contributed by atoms with Gasteiger partial charge in [0.25, 0.3) is 0 Å². The van der Waals surface area contributed by atoms with E-state index in [2.05, 4.69) is 20.9 Å². The Morgan fingerprint density at radius 1 is 2.00 bits per heavy atom. The minimum absolute atomic E-state index is 0.120. The van der Waals surface area contributed by atoms with E-state index in [0.717, 1.165) is 0 Å². The Morgan fingerprint density at radius 2 is 2.80 bits per heavy atom. The van der Waals surface area contributed by atoms with Crippen LogP contribution in [0.1, 0.15) is 2.74 Å². The summed E-state index contributed by atoms with van der Waals surface area (Å²) in [6.07, 6.45) is 1.32. The van der Waals surface area contributed by atoms with E-state index in [1.807, 2.05) is 0 Å². The van der Waals surface area contributed by atoms with Crippen LogP contribution in [-0.4, -0.2) is 12.1 Å². The number of hydrogen-bond acceptors (Lipinski definition) is 2. The molecular formula is C6H5BrClNO. The number of rotatable bonds is 1. The van der Waals surface area contributed by atoms with Gasteiger partial charge in [0, 0.05) is 6.20 Å². The second kappa shape index (κ2) is 3.21. The molecule has 1 aromatic heterocycles. The molecule has 0 aliphatic rings. The SMILES string of the molecule is [2H]COc1ncc(Cl)c([2H])c1Br. The van der Waals surface area contributed by atoms with Crippen LogP contribution in [-0.2, 0) is 0 Å². The van der Waals surface area contributed by atoms with E-state index in [-0.39, 0.29) is 24.0 Å². The summed E-state index contributed by atoms with van der Waals surface area (Å²) in [6.45, 7) is 0. The fraction of sp³-hybridized carbons (Fsp3) is 0.167. The van der Waals surface area contributed by atoms with Crippen molar-refractivity contribution in [2.75, 3.05) is 7.09 Å². The van der Waals surface area contributed by atoms with E-state index < -0.39 is 0 Å². The Labute approximate surface area is 75.1 Å². The van der Waals surface area contributed by atoms with Crippen molar-refractivity contribution in [3.8, 4) is 5.88 Å². The lowest BCUT2D eigenvalue weighted by Gasteiger charge is -1.99. The first-order valence-corrected chi connectivity index (χ1v) is 3.56. The van der Waals surface area contributed by atoms with Crippen LogP contribution in [0.5, 0.6) is 5.88 Å². The third kappa shape index (κ3) is 1.61. The molecular weight excluding hydrogens is 217 g/mol. The highest BCUT2D eigenvalue weighted by atomic mass is 79.9. The number of pyridine rings is 1. The molecule has 0 fully saturated rings. The second-order valence-electron chi connectivity index (χ2n) is 1.49. The van der Waals surface area contributed by atoms with Crippen LogP contribution in [0.3, 0.4) is 0 Å². The number of halogens is 2. The quantitative estimate of drug-likeness (QED) is 0.731. The molecule has 1 aromatic rings. The maximum atomic E-state index is 7.40. The van der Waals surface area contributed by atoms with E-state index >= 15 is 0 Å². The Kier molecular flexibility index (Phi) is 1.73. The lowest BCUT2D eigenvalue weighted by molar-refractivity contribution is 0.395. The zero-order valence-electron chi connectivity index (χ0n) is 6.90. The number of hydrogen-bond donors (Lipinski definition) is 0. The van der Waals surface area contributed by atoms with Crippen LogP contribution in [0, 0.1) is 0 Å². The minimum Gasteiger partial charge on any atom is -0.480 e. The van der Waals surface area contributed by atoms with Gasteiger partial charge in [-0.15, -0.1) is 0 Å². The summed E-state index contributed by atoms with van der Waals surface area (Å²) in [6, 6.07) is 0.120. The van der Waals surface area contributed by atoms with Crippen molar-refractivity contribution in [3.05, 3.63) is 21.7 Å². The maximum absolute atomic E-state index is 7.40. The highest BCUT2D eigenvalue weighted by Crippen LogP contribution is 2.24. The lowest BCUT2D eigenvalue weighted by Crippen LogP contribution is -1.87. The molecule has 0 saturated carbocycles. The number of nitrogens with zero attached hydrogens (tertiary/aromatic N) is 1. The number of methoxy groups -OCH3 is 1. The van der Waals surface area contributed by atoms with Gasteiger partial charge in [-0.05, 0) is 22.0 Å². The molecule has 0 N–H and O–H groups in total. The normalized spacial score (nSPS) is 12.2. The molecule has 0 atom stereocenters. The minimum atomic E-state index is -0.229. The molecule has 0 amide bonds. The summed E-state index contributed by atoms with van der Waals surface area (Å²) in [5, 5.41) is 0.249. The van der Waals surface area contributed by atoms with Crippen LogP contribution in [0.25, 0.3) is 0 Å². The molecule has 0 aliphatic carbocycles. The van der Waals surface area contributed by atoms with Crippen LogP contribution in [0.2, 0.25) is 5.02 Å². The molecule has 0 radical (unpaired) electrons. The van der Waals surface area contributed by atoms with Gasteiger partial charge >= 0.3 is 0 Å². The first kappa shape index (κ1) is 5.38. The van der Waals surface area contributed by atoms with Crippen molar-refractivity contribution in [1.82, 2.24) is 4.98 Å². The number of ether oxygens (including phenoxy) is 1. The Bertz CT molecular complexity index is 297. The first-order valence-electron chi connectivity index (χ1n) is 3.60. The van der Waals surface area contributed by atoms with E-state index in [0.29, 0.717) is 4.47 Å². The topological polar surface area (TPSA) is 22.1 Å². The summed E-state index contributed by atoms with van der Waals surface area (Å²) < 4.78 is 19.4. The van der Waals surface area contributed by atoms with Crippen LogP contribution in [0.15, 0.2) is 16.7 Å². The fourth-order valence-electron chi connectivity index (χ4n) is 0.463. The van der Waals surface area contributed by atoms with Gasteiger partial charge in [0.05, 0.1) is 19.3 Å². The molecule has 2 nitrogen and oxygen atoms in total. The van der Waals surface area contributed by atoms with Gasteiger partial charge in [-0.25, -0.2) is 4.98 Å². The molecule has 10 heavy (non-hydrogen) atoms. The molecule has 1 rings (SSSR count). The molecule has 0 unspecified atom stereocenters. The van der Waals surface area contributed by atoms with Crippen LogP contribution >= 0.6 is 27.5 Å². The van der Waals surface area contributed by atoms with E-state index in [1.54, 1.807) is 0 Å². The molecule has 0 aliphatic heterocycles. The van der Waals surface area contributed by atoms with Crippen molar-refractivity contribution in [2.24, 2.45) is 0 Å². The van der Waals surface area contributed by atoms with E-state index in [1.165, 1.54) is 6.20 Å². The molecule has 0 bridgehead atoms. The predicted molar refractivity (Wildman–Crippen MR) is 43.5 cm³/mol. The van der Waals surface area contributed by atoms with Gasteiger partial charge in [-0.3, -0.25) is 0 Å². The molecule has 0 saturated heterocycles. The van der Waals surface area contributed by atoms with Crippen LogP contribution in [0.4, 0.5) is 0 Å². The van der Waals surface area contributed by atoms with Crippen molar-refractivity contribution in [2.45, 2.75) is 0 Å². The largest absolute Gasteiger partial charge is 0.480 e. The summed E-state index contributed by atoms with van der Waals surface area (Å²) in [7, 11) is -0.229. The number of aromatic nitrogens is 1. The predicted octanol–water partition coefficient (Wildman–Crippen LogP) is 2.51. The third-order valence-corrected chi connectivity index (χ3v) is 1.58. The fourth-order valence-corrected chi connectivity index (χ4v) is 1.15. The van der Waals surface area contributed by atoms with Crippen molar-refractivity contribution < 1.29 is 7.48 Å². The molecule has 54 valence electrons. The van der Waals surface area contributed by atoms with Gasteiger partial charge in [0.2, 0.25) is 5.88 Å². The van der Waals surface area contributed by atoms with Gasteiger partial charge in [0.1, 0.15) is 0 Å². The molecule has 0 spiro atoms. The second-order valence-corrected chi connectivity index (χ2v) is 2.69. The molecule has 0 aromatic carbocycles. The lowest BCUT2D eigenvalue weighted by atomic mass is 10.5. The van der Waals surface area contributed by atoms with Gasteiger partial charge in [0.15, 0.2) is 0 Å². The van der Waals surface area contributed by atoms with E-state index in [4.69, 9.17) is 19.1 Å². The monoisotopic (exact) mass is 223 g/mol. The zero-order chi connectivity index (χ0) is 9.14. The highest BCUT2D eigenvalue weighted by Gasteiger charge is 1.99. The summed E-state index contributed by atoms with van der Waals surface area (Å²) >= 11 is 8.69. The third-order valence-electron chi connectivity index (χ3n) is 0.849. The van der Waals surface area contributed by atoms with Gasteiger partial charge in [-0.1, -0.05) is 11.6 Å².